The lowest BCUT2D eigenvalue weighted by Crippen LogP contribution is -2.70. The van der Waals surface area contributed by atoms with Gasteiger partial charge in [-0.3, -0.25) is 4.79 Å². The lowest BCUT2D eigenvalue weighted by atomic mass is 9.72. The van der Waals surface area contributed by atoms with Gasteiger partial charge >= 0.3 is 0 Å². The average molecular weight is 352 g/mol. The van der Waals surface area contributed by atoms with E-state index in [0.29, 0.717) is 17.8 Å². The van der Waals surface area contributed by atoms with Gasteiger partial charge in [-0.05, 0) is 29.0 Å². The van der Waals surface area contributed by atoms with Gasteiger partial charge in [-0.2, -0.15) is 0 Å². The number of ether oxygens (including phenoxy) is 1. The summed E-state index contributed by atoms with van der Waals surface area (Å²) in [6.07, 6.45) is 3.30. The van der Waals surface area contributed by atoms with Crippen molar-refractivity contribution in [2.45, 2.75) is 24.6 Å². The Balaban J connectivity index is 1.53. The number of nitrogens with zero attached hydrogens (tertiary/aromatic N) is 4. The van der Waals surface area contributed by atoms with Gasteiger partial charge in [-0.15, -0.1) is 5.10 Å². The molecular weight excluding hydrogens is 336 g/mol. The first kappa shape index (κ1) is 15.4. The van der Waals surface area contributed by atoms with E-state index in [1.54, 1.807) is 18.3 Å². The Labute approximate surface area is 137 Å². The summed E-state index contributed by atoms with van der Waals surface area (Å²) in [6, 6.07) is 2.44. The fourth-order valence-corrected chi connectivity index (χ4v) is 4.18. The number of rotatable bonds is 4. The number of nitrogens with one attached hydrogen (secondary N) is 2. The Morgan fingerprint density at radius 2 is 2.25 bits per heavy atom. The van der Waals surface area contributed by atoms with Gasteiger partial charge in [0.25, 0.3) is 5.91 Å². The summed E-state index contributed by atoms with van der Waals surface area (Å²) in [5.74, 6) is -0.178. The number of hydrogen-bond donors (Lipinski definition) is 2. The minimum Gasteiger partial charge on any atom is -0.376 e. The Morgan fingerprint density at radius 3 is 3.04 bits per heavy atom. The third-order valence-electron chi connectivity index (χ3n) is 4.49. The number of sulfonamides is 1. The maximum Gasteiger partial charge on any atom is 0.251 e. The molecule has 4 atom stereocenters. The highest BCUT2D eigenvalue weighted by Gasteiger charge is 2.55. The fourth-order valence-electron chi connectivity index (χ4n) is 3.41. The molecule has 2 fully saturated rings. The Bertz CT molecular complexity index is 897. The van der Waals surface area contributed by atoms with Crippen LogP contribution in [-0.4, -0.2) is 65.4 Å². The molecule has 2 aliphatic rings. The highest BCUT2D eigenvalue weighted by Crippen LogP contribution is 2.39. The van der Waals surface area contributed by atoms with Gasteiger partial charge in [0.15, 0.2) is 5.65 Å². The molecule has 0 spiro atoms. The van der Waals surface area contributed by atoms with Crippen LogP contribution in [0.25, 0.3) is 5.65 Å². The van der Waals surface area contributed by atoms with Crippen LogP contribution >= 0.6 is 0 Å². The predicted molar refractivity (Wildman–Crippen MR) is 81.7 cm³/mol. The number of carbonyl (C=O) groups excluding carboxylic acids is 1. The zero-order valence-corrected chi connectivity index (χ0v) is 13.6. The quantitative estimate of drug-likeness (QED) is 0.690. The molecule has 2 N–H and O–H groups in total. The summed E-state index contributed by atoms with van der Waals surface area (Å²) in [6.45, 7) is 0.570. The van der Waals surface area contributed by atoms with E-state index in [1.807, 2.05) is 0 Å². The van der Waals surface area contributed by atoms with Crippen LogP contribution in [0.4, 0.5) is 0 Å². The van der Waals surface area contributed by atoms with Crippen LogP contribution < -0.4 is 10.0 Å². The zero-order valence-electron chi connectivity index (χ0n) is 12.8. The van der Waals surface area contributed by atoms with Crippen LogP contribution in [0.2, 0.25) is 0 Å². The summed E-state index contributed by atoms with van der Waals surface area (Å²) in [5.41, 5.74) is 0.877. The van der Waals surface area contributed by atoms with E-state index in [-0.39, 0.29) is 24.0 Å². The largest absolute Gasteiger partial charge is 0.376 e. The van der Waals surface area contributed by atoms with Crippen LogP contribution in [0.5, 0.6) is 0 Å². The van der Waals surface area contributed by atoms with Crippen molar-refractivity contribution in [1.29, 1.82) is 0 Å². The van der Waals surface area contributed by atoms with Crippen LogP contribution in [0, 0.1) is 5.92 Å². The van der Waals surface area contributed by atoms with Gasteiger partial charge in [0.2, 0.25) is 10.0 Å². The molecule has 0 radical (unpaired) electrons. The van der Waals surface area contributed by atoms with Gasteiger partial charge in [0, 0.05) is 24.3 Å². The number of tetrazole rings is 1. The number of hydrogen-bond acceptors (Lipinski definition) is 7. The van der Waals surface area contributed by atoms with E-state index >= 15 is 0 Å². The molecule has 1 saturated carbocycles. The smallest absolute Gasteiger partial charge is 0.251 e. The highest BCUT2D eigenvalue weighted by molar-refractivity contribution is 7.88. The topological polar surface area (TPSA) is 128 Å². The van der Waals surface area contributed by atoms with Crippen LogP contribution in [-0.2, 0) is 14.8 Å². The number of fused-ring (bicyclic) bond motifs is 2. The van der Waals surface area contributed by atoms with E-state index < -0.39 is 16.1 Å². The number of aromatic nitrogens is 4. The standard InChI is InChI=1S/C13H16N6O4S/c1-24(21,22)16-11-10(8-3-5-23-12(8)11)14-13(20)7-2-4-19-9(6-7)15-17-18-19/h2,4,6,8,10-12,16H,3,5H2,1H3,(H,14,20)/t8-,10+,11-,12-/m1/s1. The minimum atomic E-state index is -3.39. The fraction of sp³-hybridized carbons (Fsp3) is 0.538. The Hall–Kier alpha value is -2.11. The monoisotopic (exact) mass is 352 g/mol. The zero-order chi connectivity index (χ0) is 16.9. The molecule has 0 bridgehead atoms. The molecule has 0 unspecified atom stereocenters. The van der Waals surface area contributed by atoms with Crippen molar-refractivity contribution in [3.8, 4) is 0 Å². The summed E-state index contributed by atoms with van der Waals surface area (Å²) in [7, 11) is -3.39. The van der Waals surface area contributed by atoms with Crippen molar-refractivity contribution < 1.29 is 17.9 Å². The lowest BCUT2D eigenvalue weighted by molar-refractivity contribution is -0.0194. The van der Waals surface area contributed by atoms with Crippen LogP contribution in [0.15, 0.2) is 18.3 Å². The van der Waals surface area contributed by atoms with E-state index in [1.165, 1.54) is 4.52 Å². The highest BCUT2D eigenvalue weighted by atomic mass is 32.2. The molecule has 4 rings (SSSR count). The molecule has 2 aromatic heterocycles. The second-order valence-electron chi connectivity index (χ2n) is 6.10. The van der Waals surface area contributed by atoms with Gasteiger partial charge in [-0.25, -0.2) is 17.7 Å². The first-order valence-electron chi connectivity index (χ1n) is 7.50. The first-order valence-corrected chi connectivity index (χ1v) is 9.39. The van der Waals surface area contributed by atoms with Crippen molar-refractivity contribution >= 4 is 21.6 Å². The van der Waals surface area contributed by atoms with Gasteiger partial charge in [-0.1, -0.05) is 0 Å². The molecule has 3 heterocycles. The van der Waals surface area contributed by atoms with Crippen LogP contribution in [0.1, 0.15) is 16.8 Å². The van der Waals surface area contributed by atoms with E-state index in [0.717, 1.165) is 12.7 Å². The molecule has 1 saturated heterocycles. The number of amides is 1. The van der Waals surface area contributed by atoms with Gasteiger partial charge in [0.05, 0.1) is 24.4 Å². The normalized spacial score (nSPS) is 29.2. The minimum absolute atomic E-state index is 0.117. The predicted octanol–water partition coefficient (Wildman–Crippen LogP) is -1.44. The van der Waals surface area contributed by atoms with Crippen molar-refractivity contribution in [3.63, 3.8) is 0 Å². The van der Waals surface area contributed by atoms with Crippen molar-refractivity contribution in [2.24, 2.45) is 5.92 Å². The van der Waals surface area contributed by atoms with Crippen molar-refractivity contribution in [1.82, 2.24) is 30.1 Å². The Morgan fingerprint density at radius 1 is 1.42 bits per heavy atom. The first-order chi connectivity index (χ1) is 11.4. The molecule has 1 aliphatic carbocycles. The third kappa shape index (κ3) is 2.64. The summed E-state index contributed by atoms with van der Waals surface area (Å²) in [4.78, 5) is 12.5. The van der Waals surface area contributed by atoms with E-state index in [4.69, 9.17) is 4.74 Å². The van der Waals surface area contributed by atoms with Crippen LogP contribution in [0.3, 0.4) is 0 Å². The summed E-state index contributed by atoms with van der Waals surface area (Å²) in [5, 5.41) is 14.0. The number of pyridine rings is 1. The second kappa shape index (κ2) is 5.46. The van der Waals surface area contributed by atoms with E-state index in [2.05, 4.69) is 25.6 Å². The summed E-state index contributed by atoms with van der Waals surface area (Å²) < 4.78 is 32.6. The van der Waals surface area contributed by atoms with Gasteiger partial charge < -0.3 is 10.1 Å². The lowest BCUT2D eigenvalue weighted by Gasteiger charge is -2.47. The Kier molecular flexibility index (Phi) is 3.51. The van der Waals surface area contributed by atoms with E-state index in [9.17, 15) is 13.2 Å². The van der Waals surface area contributed by atoms with Crippen molar-refractivity contribution in [3.05, 3.63) is 23.9 Å². The molecular formula is C13H16N6O4S. The SMILES string of the molecule is CS(=O)(=O)N[C@@H]1[C@@H](NC(=O)c2ccn3nnnc3c2)[C@H]2CCO[C@H]21. The summed E-state index contributed by atoms with van der Waals surface area (Å²) >= 11 is 0. The third-order valence-corrected chi connectivity index (χ3v) is 5.19. The molecule has 1 amide bonds. The van der Waals surface area contributed by atoms with Crippen molar-refractivity contribution in [2.75, 3.05) is 12.9 Å². The molecule has 1 aliphatic heterocycles. The average Bonchev–Trinajstić information content (AvgIpc) is 3.15. The maximum absolute atomic E-state index is 12.5. The molecule has 128 valence electrons. The molecule has 24 heavy (non-hydrogen) atoms. The maximum atomic E-state index is 12.5. The molecule has 10 nitrogen and oxygen atoms in total. The molecule has 2 aromatic rings. The van der Waals surface area contributed by atoms with Gasteiger partial charge in [0.1, 0.15) is 0 Å². The molecule has 0 aromatic carbocycles. The second-order valence-corrected chi connectivity index (χ2v) is 7.88. The molecule has 11 heteroatoms. The number of carbonyl (C=O) groups is 1.